The lowest BCUT2D eigenvalue weighted by atomic mass is 10.3. The highest BCUT2D eigenvalue weighted by Gasteiger charge is 1.99. The van der Waals surface area contributed by atoms with Gasteiger partial charge in [-0.25, -0.2) is 0 Å². The minimum atomic E-state index is 0.647. The summed E-state index contributed by atoms with van der Waals surface area (Å²) in [7, 11) is 4.09. The molecule has 0 N–H and O–H groups in total. The van der Waals surface area contributed by atoms with Crippen LogP contribution in [0, 0.1) is 6.07 Å². The maximum absolute atomic E-state index is 5.91. The Balaban J connectivity index is 2.28. The molecule has 0 saturated heterocycles. The molecule has 1 aromatic carbocycles. The number of hydrogen-bond donors (Lipinski definition) is 0. The maximum atomic E-state index is 5.91. The molecule has 0 saturated carbocycles. The molecule has 0 amide bonds. The quantitative estimate of drug-likeness (QED) is 0.696. The van der Waals surface area contributed by atoms with E-state index in [0.29, 0.717) is 17.4 Å². The van der Waals surface area contributed by atoms with Crippen molar-refractivity contribution in [2.45, 2.75) is 6.42 Å². The van der Waals surface area contributed by atoms with Crippen molar-refractivity contribution >= 4 is 11.6 Å². The number of halogens is 1. The van der Waals surface area contributed by atoms with Crippen molar-refractivity contribution in [2.75, 3.05) is 27.2 Å². The van der Waals surface area contributed by atoms with Crippen LogP contribution in [0.25, 0.3) is 0 Å². The van der Waals surface area contributed by atoms with Gasteiger partial charge in [-0.15, -0.1) is 0 Å². The molecule has 1 radical (unpaired) electrons. The SMILES string of the molecule is CN(C)CCCOc1c[c]ccc1Cl. The van der Waals surface area contributed by atoms with E-state index in [1.165, 1.54) is 0 Å². The van der Waals surface area contributed by atoms with Gasteiger partial charge in [0.2, 0.25) is 0 Å². The molecule has 1 rings (SSSR count). The lowest BCUT2D eigenvalue weighted by Gasteiger charge is -2.10. The summed E-state index contributed by atoms with van der Waals surface area (Å²) in [5.41, 5.74) is 0. The Hall–Kier alpha value is -0.730. The van der Waals surface area contributed by atoms with Gasteiger partial charge in [-0.1, -0.05) is 17.7 Å². The fraction of sp³-hybridized carbons (Fsp3) is 0.455. The fourth-order valence-electron chi connectivity index (χ4n) is 1.07. The van der Waals surface area contributed by atoms with E-state index in [-0.39, 0.29) is 0 Å². The van der Waals surface area contributed by atoms with Gasteiger partial charge in [-0.2, -0.15) is 0 Å². The van der Waals surface area contributed by atoms with Gasteiger partial charge < -0.3 is 9.64 Å². The molecule has 0 aromatic heterocycles. The van der Waals surface area contributed by atoms with Crippen molar-refractivity contribution < 1.29 is 4.74 Å². The van der Waals surface area contributed by atoms with Crippen LogP contribution in [0.2, 0.25) is 5.02 Å². The van der Waals surface area contributed by atoms with Gasteiger partial charge in [0.15, 0.2) is 0 Å². The van der Waals surface area contributed by atoms with Gasteiger partial charge in [0.25, 0.3) is 0 Å². The van der Waals surface area contributed by atoms with Gasteiger partial charge in [0, 0.05) is 6.54 Å². The van der Waals surface area contributed by atoms with Gasteiger partial charge in [0.05, 0.1) is 11.6 Å². The monoisotopic (exact) mass is 212 g/mol. The van der Waals surface area contributed by atoms with Gasteiger partial charge in [-0.05, 0) is 38.7 Å². The smallest absolute Gasteiger partial charge is 0.138 e. The van der Waals surface area contributed by atoms with Gasteiger partial charge in [-0.3, -0.25) is 0 Å². The lowest BCUT2D eigenvalue weighted by Crippen LogP contribution is -2.15. The van der Waals surface area contributed by atoms with Crippen molar-refractivity contribution in [1.29, 1.82) is 0 Å². The number of hydrogen-bond acceptors (Lipinski definition) is 2. The van der Waals surface area contributed by atoms with Crippen LogP contribution in [0.4, 0.5) is 0 Å². The molecular weight excluding hydrogens is 198 g/mol. The molecule has 1 aromatic rings. The second kappa shape index (κ2) is 5.89. The summed E-state index contributed by atoms with van der Waals surface area (Å²) in [6.07, 6.45) is 0.998. The third-order valence-electron chi connectivity index (χ3n) is 1.78. The van der Waals surface area contributed by atoms with Gasteiger partial charge in [0.1, 0.15) is 5.75 Å². The Labute approximate surface area is 90.4 Å². The first-order valence-electron chi connectivity index (χ1n) is 4.63. The average Bonchev–Trinajstić information content (AvgIpc) is 2.15. The standard InChI is InChI=1S/C11H15ClNO/c1-13(2)8-5-9-14-11-7-4-3-6-10(11)12/h3,6-7H,5,8-9H2,1-2H3. The van der Waals surface area contributed by atoms with E-state index in [1.54, 1.807) is 18.2 Å². The molecular formula is C11H15ClNO. The van der Waals surface area contributed by atoms with Crippen molar-refractivity contribution in [3.63, 3.8) is 0 Å². The largest absolute Gasteiger partial charge is 0.492 e. The molecule has 77 valence electrons. The molecule has 14 heavy (non-hydrogen) atoms. The van der Waals surface area contributed by atoms with Crippen molar-refractivity contribution in [2.24, 2.45) is 0 Å². The van der Waals surface area contributed by atoms with Crippen LogP contribution >= 0.6 is 11.6 Å². The van der Waals surface area contributed by atoms with Gasteiger partial charge >= 0.3 is 0 Å². The molecule has 0 atom stereocenters. The summed E-state index contributed by atoms with van der Waals surface area (Å²) in [5, 5.41) is 0.647. The minimum absolute atomic E-state index is 0.647. The average molecular weight is 213 g/mol. The van der Waals surface area contributed by atoms with Crippen molar-refractivity contribution in [3.05, 3.63) is 29.3 Å². The highest BCUT2D eigenvalue weighted by atomic mass is 35.5. The summed E-state index contributed by atoms with van der Waals surface area (Å²) in [6.45, 7) is 1.71. The highest BCUT2D eigenvalue weighted by molar-refractivity contribution is 6.32. The normalized spacial score (nSPS) is 10.6. The molecule has 0 aliphatic heterocycles. The molecule has 0 heterocycles. The first-order valence-corrected chi connectivity index (χ1v) is 5.01. The molecule has 0 fully saturated rings. The maximum Gasteiger partial charge on any atom is 0.138 e. The van der Waals surface area contributed by atoms with E-state index in [1.807, 2.05) is 14.1 Å². The van der Waals surface area contributed by atoms with E-state index in [0.717, 1.165) is 13.0 Å². The first-order chi connectivity index (χ1) is 6.70. The van der Waals surface area contributed by atoms with E-state index >= 15 is 0 Å². The minimum Gasteiger partial charge on any atom is -0.492 e. The second-order valence-corrected chi connectivity index (χ2v) is 3.77. The number of rotatable bonds is 5. The summed E-state index contributed by atoms with van der Waals surface area (Å²) >= 11 is 5.91. The number of ether oxygens (including phenoxy) is 1. The summed E-state index contributed by atoms with van der Waals surface area (Å²) < 4.78 is 5.50. The van der Waals surface area contributed by atoms with E-state index in [2.05, 4.69) is 11.0 Å². The zero-order valence-electron chi connectivity index (χ0n) is 8.59. The molecule has 3 heteroatoms. The van der Waals surface area contributed by atoms with Crippen LogP contribution in [-0.2, 0) is 0 Å². The van der Waals surface area contributed by atoms with Crippen LogP contribution in [-0.4, -0.2) is 32.1 Å². The van der Waals surface area contributed by atoms with Crippen LogP contribution in [0.3, 0.4) is 0 Å². The molecule has 2 nitrogen and oxygen atoms in total. The molecule has 0 aliphatic rings. The predicted octanol–water partition coefficient (Wildman–Crippen LogP) is 2.47. The molecule has 0 spiro atoms. The molecule has 0 unspecified atom stereocenters. The summed E-state index contributed by atoms with van der Waals surface area (Å²) in [6, 6.07) is 8.25. The lowest BCUT2D eigenvalue weighted by molar-refractivity contribution is 0.281. The van der Waals surface area contributed by atoms with Crippen molar-refractivity contribution in [3.8, 4) is 5.75 Å². The second-order valence-electron chi connectivity index (χ2n) is 3.36. The Kier molecular flexibility index (Phi) is 4.77. The van der Waals surface area contributed by atoms with Crippen LogP contribution < -0.4 is 4.74 Å². The van der Waals surface area contributed by atoms with Crippen LogP contribution in [0.15, 0.2) is 18.2 Å². The Morgan fingerprint density at radius 1 is 1.50 bits per heavy atom. The highest BCUT2D eigenvalue weighted by Crippen LogP contribution is 2.22. The zero-order valence-corrected chi connectivity index (χ0v) is 9.34. The van der Waals surface area contributed by atoms with Crippen LogP contribution in [0.5, 0.6) is 5.75 Å². The topological polar surface area (TPSA) is 12.5 Å². The number of benzene rings is 1. The molecule has 0 aliphatic carbocycles. The first kappa shape index (κ1) is 11.3. The zero-order chi connectivity index (χ0) is 10.4. The number of nitrogens with zero attached hydrogens (tertiary/aromatic N) is 1. The van der Waals surface area contributed by atoms with Crippen LogP contribution in [0.1, 0.15) is 6.42 Å². The van der Waals surface area contributed by atoms with Crippen molar-refractivity contribution in [1.82, 2.24) is 4.90 Å². The van der Waals surface area contributed by atoms with E-state index in [9.17, 15) is 0 Å². The Bertz CT molecular complexity index is 276. The Morgan fingerprint density at radius 3 is 2.93 bits per heavy atom. The fourth-order valence-corrected chi connectivity index (χ4v) is 1.24. The third-order valence-corrected chi connectivity index (χ3v) is 2.10. The predicted molar refractivity (Wildman–Crippen MR) is 59.0 cm³/mol. The van der Waals surface area contributed by atoms with E-state index in [4.69, 9.17) is 16.3 Å². The molecule has 0 bridgehead atoms. The summed E-state index contributed by atoms with van der Waals surface area (Å²) in [4.78, 5) is 2.13. The van der Waals surface area contributed by atoms with E-state index < -0.39 is 0 Å². The summed E-state index contributed by atoms with van der Waals surface area (Å²) in [5.74, 6) is 0.716. The Morgan fingerprint density at radius 2 is 2.29 bits per heavy atom. The third kappa shape index (κ3) is 3.99.